The Kier molecular flexibility index (Phi) is 4.95. The van der Waals surface area contributed by atoms with Crippen molar-refractivity contribution in [1.29, 1.82) is 0 Å². The van der Waals surface area contributed by atoms with Gasteiger partial charge in [-0.05, 0) is 25.0 Å². The maximum Gasteiger partial charge on any atom is 0.243 e. The molecule has 0 aliphatic carbocycles. The van der Waals surface area contributed by atoms with E-state index >= 15 is 0 Å². The molecule has 0 aliphatic rings. The zero-order chi connectivity index (χ0) is 13.9. The Morgan fingerprint density at radius 3 is 2.44 bits per heavy atom. The highest BCUT2D eigenvalue weighted by molar-refractivity contribution is 7.89. The molecule has 1 aromatic carbocycles. The van der Waals surface area contributed by atoms with Crippen LogP contribution in [0.3, 0.4) is 0 Å². The van der Waals surface area contributed by atoms with Gasteiger partial charge in [0, 0.05) is 11.7 Å². The van der Waals surface area contributed by atoms with Crippen LogP contribution in [-0.2, 0) is 10.0 Å². The average Bonchev–Trinajstić information content (AvgIpc) is 2.30. The lowest BCUT2D eigenvalue weighted by molar-refractivity contribution is 0.520. The largest absolute Gasteiger partial charge is 0.399 e. The smallest absolute Gasteiger partial charge is 0.243 e. The number of hydrogen-bond donors (Lipinski definition) is 2. The van der Waals surface area contributed by atoms with Gasteiger partial charge in [-0.25, -0.2) is 17.5 Å². The van der Waals surface area contributed by atoms with Crippen LogP contribution in [0.5, 0.6) is 0 Å². The highest BCUT2D eigenvalue weighted by Crippen LogP contribution is 2.25. The van der Waals surface area contributed by atoms with Gasteiger partial charge < -0.3 is 5.73 Å². The fourth-order valence-electron chi connectivity index (χ4n) is 1.52. The van der Waals surface area contributed by atoms with E-state index in [-0.39, 0.29) is 16.8 Å². The Bertz CT molecular complexity index is 530. The number of sulfonamides is 1. The highest BCUT2D eigenvalue weighted by Gasteiger charge is 2.24. The number of nitrogen functional groups attached to an aromatic ring is 1. The van der Waals surface area contributed by atoms with E-state index in [1.165, 1.54) is 6.07 Å². The summed E-state index contributed by atoms with van der Waals surface area (Å²) in [7, 11) is -3.95. The third kappa shape index (κ3) is 3.34. The lowest BCUT2D eigenvalue weighted by Gasteiger charge is -2.16. The number of benzene rings is 1. The van der Waals surface area contributed by atoms with Gasteiger partial charge in [0.05, 0.1) is 5.02 Å². The molecule has 7 heteroatoms. The zero-order valence-corrected chi connectivity index (χ0v) is 11.8. The van der Waals surface area contributed by atoms with E-state index in [0.717, 1.165) is 6.07 Å². The quantitative estimate of drug-likeness (QED) is 0.820. The van der Waals surface area contributed by atoms with Crippen molar-refractivity contribution in [2.75, 3.05) is 5.73 Å². The highest BCUT2D eigenvalue weighted by atomic mass is 35.5. The van der Waals surface area contributed by atoms with Crippen molar-refractivity contribution in [3.05, 3.63) is 23.0 Å². The standard InChI is InChI=1S/C11H16ClFN2O2S/c1-3-8(4-2)15-18(16,17)10-6-7(14)5-9(12)11(10)13/h5-6,8,15H,3-4,14H2,1-2H3. The summed E-state index contributed by atoms with van der Waals surface area (Å²) in [5.74, 6) is -0.982. The normalized spacial score (nSPS) is 12.1. The van der Waals surface area contributed by atoms with Gasteiger partial charge >= 0.3 is 0 Å². The number of nitrogens with two attached hydrogens (primary N) is 1. The van der Waals surface area contributed by atoms with E-state index < -0.39 is 20.7 Å². The minimum atomic E-state index is -3.95. The molecule has 0 fully saturated rings. The summed E-state index contributed by atoms with van der Waals surface area (Å²) in [4.78, 5) is -0.514. The second-order valence-electron chi connectivity index (χ2n) is 3.95. The van der Waals surface area contributed by atoms with Crippen molar-refractivity contribution in [3.63, 3.8) is 0 Å². The zero-order valence-electron chi connectivity index (χ0n) is 10.2. The van der Waals surface area contributed by atoms with Crippen LogP contribution in [0.1, 0.15) is 26.7 Å². The molecule has 0 heterocycles. The summed E-state index contributed by atoms with van der Waals surface area (Å²) in [6.45, 7) is 3.69. The summed E-state index contributed by atoms with van der Waals surface area (Å²) in [6, 6.07) is 1.99. The van der Waals surface area contributed by atoms with Crippen molar-refractivity contribution in [3.8, 4) is 0 Å². The van der Waals surface area contributed by atoms with Crippen LogP contribution in [0, 0.1) is 5.82 Å². The molecule has 0 amide bonds. The second kappa shape index (κ2) is 5.86. The van der Waals surface area contributed by atoms with Crippen LogP contribution in [0.25, 0.3) is 0 Å². The third-order valence-electron chi connectivity index (χ3n) is 2.61. The Hall–Kier alpha value is -0.850. The van der Waals surface area contributed by atoms with Gasteiger partial charge in [-0.3, -0.25) is 0 Å². The predicted octanol–water partition coefficient (Wildman–Crippen LogP) is 2.53. The topological polar surface area (TPSA) is 72.2 Å². The second-order valence-corrected chi connectivity index (χ2v) is 6.04. The summed E-state index contributed by atoms with van der Waals surface area (Å²) < 4.78 is 40.2. The molecule has 0 aromatic heterocycles. The summed E-state index contributed by atoms with van der Waals surface area (Å²) in [5.41, 5.74) is 5.58. The van der Waals surface area contributed by atoms with Gasteiger partial charge in [0.2, 0.25) is 10.0 Å². The molecule has 0 saturated carbocycles. The van der Waals surface area contributed by atoms with Crippen LogP contribution in [0.2, 0.25) is 5.02 Å². The molecule has 0 bridgehead atoms. The number of hydrogen-bond acceptors (Lipinski definition) is 3. The molecule has 1 rings (SSSR count). The monoisotopic (exact) mass is 294 g/mol. The van der Waals surface area contributed by atoms with Crippen LogP contribution in [-0.4, -0.2) is 14.5 Å². The lowest BCUT2D eigenvalue weighted by Crippen LogP contribution is -2.34. The first-order valence-electron chi connectivity index (χ1n) is 5.58. The van der Waals surface area contributed by atoms with E-state index in [2.05, 4.69) is 4.72 Å². The predicted molar refractivity (Wildman–Crippen MR) is 70.5 cm³/mol. The summed E-state index contributed by atoms with van der Waals surface area (Å²) in [5, 5.41) is -0.306. The molecule has 0 unspecified atom stereocenters. The minimum Gasteiger partial charge on any atom is -0.399 e. The molecule has 0 aliphatic heterocycles. The molecule has 0 atom stereocenters. The van der Waals surface area contributed by atoms with Crippen molar-refractivity contribution in [2.24, 2.45) is 0 Å². The average molecular weight is 295 g/mol. The molecular weight excluding hydrogens is 279 g/mol. The number of rotatable bonds is 5. The minimum absolute atomic E-state index is 0.103. The number of anilines is 1. The molecular formula is C11H16ClFN2O2S. The Morgan fingerprint density at radius 1 is 1.39 bits per heavy atom. The van der Waals surface area contributed by atoms with Crippen LogP contribution < -0.4 is 10.5 Å². The third-order valence-corrected chi connectivity index (χ3v) is 4.41. The van der Waals surface area contributed by atoms with Crippen molar-refractivity contribution >= 4 is 27.3 Å². The first kappa shape index (κ1) is 15.2. The van der Waals surface area contributed by atoms with E-state index in [0.29, 0.717) is 12.8 Å². The van der Waals surface area contributed by atoms with Crippen molar-refractivity contribution in [1.82, 2.24) is 4.72 Å². The molecule has 1 aromatic rings. The molecule has 102 valence electrons. The molecule has 4 nitrogen and oxygen atoms in total. The van der Waals surface area contributed by atoms with Gasteiger partial charge in [-0.1, -0.05) is 25.4 Å². The first-order valence-corrected chi connectivity index (χ1v) is 7.44. The van der Waals surface area contributed by atoms with Gasteiger partial charge in [-0.2, -0.15) is 0 Å². The molecule has 0 radical (unpaired) electrons. The molecule has 18 heavy (non-hydrogen) atoms. The summed E-state index contributed by atoms with van der Waals surface area (Å²) in [6.07, 6.45) is 1.24. The van der Waals surface area contributed by atoms with E-state index in [9.17, 15) is 12.8 Å². The lowest BCUT2D eigenvalue weighted by atomic mass is 10.2. The van der Waals surface area contributed by atoms with Crippen molar-refractivity contribution < 1.29 is 12.8 Å². The fraction of sp³-hybridized carbons (Fsp3) is 0.455. The van der Waals surface area contributed by atoms with Crippen LogP contribution in [0.4, 0.5) is 10.1 Å². The Balaban J connectivity index is 3.20. The van der Waals surface area contributed by atoms with E-state index in [4.69, 9.17) is 17.3 Å². The van der Waals surface area contributed by atoms with Crippen molar-refractivity contribution in [2.45, 2.75) is 37.6 Å². The maximum absolute atomic E-state index is 13.7. The van der Waals surface area contributed by atoms with E-state index in [1.807, 2.05) is 13.8 Å². The van der Waals surface area contributed by atoms with Gasteiger partial charge in [0.25, 0.3) is 0 Å². The SMILES string of the molecule is CCC(CC)NS(=O)(=O)c1cc(N)cc(Cl)c1F. The van der Waals surface area contributed by atoms with Gasteiger partial charge in [0.1, 0.15) is 4.90 Å². The first-order chi connectivity index (χ1) is 8.31. The van der Waals surface area contributed by atoms with Crippen LogP contribution in [0.15, 0.2) is 17.0 Å². The number of nitrogens with one attached hydrogen (secondary N) is 1. The van der Waals surface area contributed by atoms with Crippen LogP contribution >= 0.6 is 11.6 Å². The summed E-state index contributed by atoms with van der Waals surface area (Å²) >= 11 is 5.58. The molecule has 0 saturated heterocycles. The number of halogens is 2. The molecule has 3 N–H and O–H groups in total. The maximum atomic E-state index is 13.7. The molecule has 0 spiro atoms. The van der Waals surface area contributed by atoms with Gasteiger partial charge in [0.15, 0.2) is 5.82 Å². The van der Waals surface area contributed by atoms with E-state index in [1.54, 1.807) is 0 Å². The van der Waals surface area contributed by atoms with Gasteiger partial charge in [-0.15, -0.1) is 0 Å². The Labute approximate surface area is 111 Å². The fourth-order valence-corrected chi connectivity index (χ4v) is 3.34. The Morgan fingerprint density at radius 2 is 1.94 bits per heavy atom.